The first-order chi connectivity index (χ1) is 15.6. The van der Waals surface area contributed by atoms with Crippen LogP contribution < -0.4 is 0 Å². The Morgan fingerprint density at radius 3 is 0.722 bits per heavy atom. The van der Waals surface area contributed by atoms with Gasteiger partial charge in [-0.05, 0) is 118 Å². The van der Waals surface area contributed by atoms with Crippen LogP contribution in [0, 0.1) is 0 Å². The van der Waals surface area contributed by atoms with E-state index < -0.39 is 49.9 Å². The van der Waals surface area contributed by atoms with Crippen molar-refractivity contribution in [3.63, 3.8) is 0 Å². The Hall–Kier alpha value is 1.06. The van der Waals surface area contributed by atoms with Crippen LogP contribution in [-0.2, 0) is 26.6 Å². The van der Waals surface area contributed by atoms with Gasteiger partial charge in [-0.1, -0.05) is 0 Å². The van der Waals surface area contributed by atoms with E-state index in [4.69, 9.17) is 26.6 Å². The molecule has 0 aliphatic carbocycles. The number of hydrogen-bond acceptors (Lipinski definition) is 6. The van der Waals surface area contributed by atoms with Crippen molar-refractivity contribution < 1.29 is 26.6 Å². The predicted molar refractivity (Wildman–Crippen MR) is 171 cm³/mol. The van der Waals surface area contributed by atoms with Crippen LogP contribution in [0.1, 0.15) is 0 Å². The molecular weight excluding hydrogens is 553 g/mol. The van der Waals surface area contributed by atoms with E-state index in [0.29, 0.717) is 13.2 Å². The second-order valence-electron chi connectivity index (χ2n) is 15.8. The molecule has 0 fully saturated rings. The molecule has 0 aliphatic rings. The maximum absolute atomic E-state index is 7.01. The predicted octanol–water partition coefficient (Wildman–Crippen LogP) is 7.57. The van der Waals surface area contributed by atoms with Crippen LogP contribution in [0.3, 0.4) is 0 Å². The van der Waals surface area contributed by atoms with Gasteiger partial charge in [0.15, 0.2) is 49.9 Å². The quantitative estimate of drug-likeness (QED) is 0.158. The minimum absolute atomic E-state index is 0.226. The largest absolute Gasteiger partial charge is 0.415 e. The van der Waals surface area contributed by atoms with Crippen LogP contribution >= 0.6 is 0 Å². The molecule has 0 rings (SSSR count). The minimum Gasteiger partial charge on any atom is -0.415 e. The summed E-state index contributed by atoms with van der Waals surface area (Å²) in [6.07, 6.45) is -1.04. The molecule has 218 valence electrons. The SMILES string of the molecule is C[Si](C)(C)OC[C@H](O[Si](C)(C)C)[C@H](O[Si](C)(C)C)[C@H](O[Si](C)(C)C)[C@H](CO[Si](C)(C)C)O[Si](C)(C)C. The van der Waals surface area contributed by atoms with Crippen molar-refractivity contribution in [1.29, 1.82) is 0 Å². The van der Waals surface area contributed by atoms with Gasteiger partial charge < -0.3 is 26.6 Å². The molecule has 0 amide bonds. The molecule has 0 N–H and O–H groups in total. The molecule has 4 atom stereocenters. The molecule has 0 aliphatic heterocycles. The van der Waals surface area contributed by atoms with E-state index in [2.05, 4.69) is 118 Å². The third kappa shape index (κ3) is 20.0. The Labute approximate surface area is 231 Å². The summed E-state index contributed by atoms with van der Waals surface area (Å²) in [4.78, 5) is 0. The van der Waals surface area contributed by atoms with E-state index in [1.165, 1.54) is 0 Å². The van der Waals surface area contributed by atoms with E-state index in [0.717, 1.165) is 0 Å². The van der Waals surface area contributed by atoms with Gasteiger partial charge in [0, 0.05) is 0 Å². The van der Waals surface area contributed by atoms with Crippen molar-refractivity contribution >= 4 is 49.9 Å². The van der Waals surface area contributed by atoms with E-state index in [9.17, 15) is 0 Å². The van der Waals surface area contributed by atoms with Gasteiger partial charge >= 0.3 is 0 Å². The van der Waals surface area contributed by atoms with E-state index in [-0.39, 0.29) is 24.4 Å². The normalized spacial score (nSPS) is 18.2. The lowest BCUT2D eigenvalue weighted by Gasteiger charge is -2.46. The highest BCUT2D eigenvalue weighted by atomic mass is 28.4. The first kappa shape index (κ1) is 37.1. The highest BCUT2D eigenvalue weighted by Gasteiger charge is 2.45. The van der Waals surface area contributed by atoms with Gasteiger partial charge in [-0.15, -0.1) is 0 Å². The fourth-order valence-corrected chi connectivity index (χ4v) is 9.24. The van der Waals surface area contributed by atoms with Crippen molar-refractivity contribution in [3.05, 3.63) is 0 Å². The zero-order chi connectivity index (χ0) is 29.0. The van der Waals surface area contributed by atoms with Gasteiger partial charge in [0.1, 0.15) is 0 Å². The van der Waals surface area contributed by atoms with Gasteiger partial charge in [-0.25, -0.2) is 0 Å². The van der Waals surface area contributed by atoms with E-state index >= 15 is 0 Å². The van der Waals surface area contributed by atoms with Crippen LogP contribution in [0.25, 0.3) is 0 Å². The third-order valence-electron chi connectivity index (χ3n) is 4.41. The van der Waals surface area contributed by atoms with Crippen LogP contribution in [0.5, 0.6) is 0 Å². The molecular formula is C24H62O6Si6. The molecule has 0 unspecified atom stereocenters. The van der Waals surface area contributed by atoms with Gasteiger partial charge in [-0.3, -0.25) is 0 Å². The van der Waals surface area contributed by atoms with Crippen LogP contribution in [0.15, 0.2) is 0 Å². The summed E-state index contributed by atoms with van der Waals surface area (Å²) in [6.45, 7) is 41.2. The summed E-state index contributed by atoms with van der Waals surface area (Å²) in [7, 11) is -11.4. The van der Waals surface area contributed by atoms with Crippen molar-refractivity contribution in [2.45, 2.75) is 142 Å². The lowest BCUT2D eigenvalue weighted by atomic mass is 10.0. The number of hydrogen-bond donors (Lipinski definition) is 0. The molecule has 0 aromatic rings. The van der Waals surface area contributed by atoms with Crippen molar-refractivity contribution in [2.75, 3.05) is 13.2 Å². The molecule has 0 aromatic heterocycles. The van der Waals surface area contributed by atoms with Gasteiger partial charge in [0.25, 0.3) is 0 Å². The van der Waals surface area contributed by atoms with Crippen molar-refractivity contribution in [3.8, 4) is 0 Å². The zero-order valence-corrected chi connectivity index (χ0v) is 33.2. The monoisotopic (exact) mass is 614 g/mol. The summed E-state index contributed by atoms with van der Waals surface area (Å²) in [5.74, 6) is 0. The second-order valence-corrected chi connectivity index (χ2v) is 42.6. The molecule has 0 radical (unpaired) electrons. The maximum Gasteiger partial charge on any atom is 0.184 e. The van der Waals surface area contributed by atoms with Crippen molar-refractivity contribution in [2.24, 2.45) is 0 Å². The first-order valence-corrected chi connectivity index (χ1v) is 34.0. The molecule has 6 nitrogen and oxygen atoms in total. The molecule has 0 saturated carbocycles. The molecule has 0 aromatic carbocycles. The molecule has 0 saturated heterocycles. The zero-order valence-electron chi connectivity index (χ0n) is 27.2. The lowest BCUT2D eigenvalue weighted by molar-refractivity contribution is -0.0958. The van der Waals surface area contributed by atoms with Crippen LogP contribution in [-0.4, -0.2) is 87.5 Å². The van der Waals surface area contributed by atoms with Crippen LogP contribution in [0.4, 0.5) is 0 Å². The van der Waals surface area contributed by atoms with E-state index in [1.807, 2.05) is 0 Å². The smallest absolute Gasteiger partial charge is 0.184 e. The summed E-state index contributed by atoms with van der Waals surface area (Å²) < 4.78 is 40.7. The fraction of sp³-hybridized carbons (Fsp3) is 1.00. The molecule has 12 heteroatoms. The Kier molecular flexibility index (Phi) is 14.0. The average molecular weight is 615 g/mol. The Balaban J connectivity index is 6.80. The average Bonchev–Trinajstić information content (AvgIpc) is 2.53. The Bertz CT molecular complexity index is 582. The molecule has 0 spiro atoms. The first-order valence-electron chi connectivity index (χ1n) is 13.6. The minimum atomic E-state index is -1.99. The van der Waals surface area contributed by atoms with Crippen LogP contribution in [0.2, 0.25) is 118 Å². The maximum atomic E-state index is 7.01. The Morgan fingerprint density at radius 2 is 0.556 bits per heavy atom. The second kappa shape index (κ2) is 13.6. The highest BCUT2D eigenvalue weighted by molar-refractivity contribution is 6.71. The fourth-order valence-electron chi connectivity index (χ4n) is 3.49. The molecule has 0 bridgehead atoms. The summed E-state index contributed by atoms with van der Waals surface area (Å²) >= 11 is 0. The standard InChI is InChI=1S/C24H62O6Si6/c1-31(2,3)25-19-21(27-33(7,8)9)23(29-35(13,14)15)24(30-36(16,17)18)22(28-34(10,11)12)20-26-32(4,5)6/h21-24H,19-20H2,1-18H3/t21-,22-,23-,24+/m0/s1. The summed E-state index contributed by atoms with van der Waals surface area (Å²) in [5.41, 5.74) is 0. The van der Waals surface area contributed by atoms with Gasteiger partial charge in [-0.2, -0.15) is 0 Å². The van der Waals surface area contributed by atoms with Gasteiger partial charge in [0.05, 0.1) is 37.6 Å². The highest BCUT2D eigenvalue weighted by Crippen LogP contribution is 2.29. The molecule has 0 heterocycles. The number of rotatable bonds is 17. The molecule has 36 heavy (non-hydrogen) atoms. The topological polar surface area (TPSA) is 55.4 Å². The Morgan fingerprint density at radius 1 is 0.333 bits per heavy atom. The van der Waals surface area contributed by atoms with Gasteiger partial charge in [0.2, 0.25) is 0 Å². The summed E-state index contributed by atoms with van der Waals surface area (Å²) in [6, 6.07) is 0. The third-order valence-corrected chi connectivity index (χ3v) is 10.5. The van der Waals surface area contributed by atoms with E-state index in [1.54, 1.807) is 0 Å². The van der Waals surface area contributed by atoms with Crippen molar-refractivity contribution in [1.82, 2.24) is 0 Å². The lowest BCUT2D eigenvalue weighted by Crippen LogP contribution is -2.60. The summed E-state index contributed by atoms with van der Waals surface area (Å²) in [5, 5.41) is 0.